The number of nitrogens with zero attached hydrogens (tertiary/aromatic N) is 2. The zero-order valence-electron chi connectivity index (χ0n) is 23.3. The van der Waals surface area contributed by atoms with Crippen LogP contribution in [0.5, 0.6) is 0 Å². The Kier molecular flexibility index (Phi) is 9.14. The van der Waals surface area contributed by atoms with Crippen molar-refractivity contribution in [3.05, 3.63) is 77.9 Å². The van der Waals surface area contributed by atoms with Crippen molar-refractivity contribution < 1.29 is 29.1 Å². The van der Waals surface area contributed by atoms with Gasteiger partial charge in [-0.1, -0.05) is 56.3 Å². The molecule has 0 spiro atoms. The SMILES string of the molecule is CC(C)C[C@H](N[C@H](CCN1C(=O)c2cc3ccccc3cc2C1=O)C(=O)O)C(=O)N(C)CC(=O)Nc1ccccc1. The lowest BCUT2D eigenvalue weighted by molar-refractivity contribution is -0.141. The maximum absolute atomic E-state index is 13.3. The zero-order chi connectivity index (χ0) is 29.7. The number of para-hydroxylation sites is 1. The molecule has 0 fully saturated rings. The van der Waals surface area contributed by atoms with Gasteiger partial charge in [-0.15, -0.1) is 0 Å². The number of hydrogen-bond donors (Lipinski definition) is 3. The second-order valence-corrected chi connectivity index (χ2v) is 10.6. The van der Waals surface area contributed by atoms with Gasteiger partial charge in [0.1, 0.15) is 6.04 Å². The Bertz CT molecular complexity index is 1420. The molecule has 4 amide bonds. The minimum absolute atomic E-state index is 0.0443. The van der Waals surface area contributed by atoms with E-state index in [1.807, 2.05) is 44.2 Å². The Morgan fingerprint density at radius 2 is 1.44 bits per heavy atom. The van der Waals surface area contributed by atoms with Gasteiger partial charge in [-0.05, 0) is 53.8 Å². The summed E-state index contributed by atoms with van der Waals surface area (Å²) in [5.74, 6) is -2.93. The quantitative estimate of drug-likeness (QED) is 0.290. The fraction of sp³-hybridized carbons (Fsp3) is 0.323. The highest BCUT2D eigenvalue weighted by molar-refractivity contribution is 6.23. The van der Waals surface area contributed by atoms with Crippen LogP contribution in [0.2, 0.25) is 0 Å². The lowest BCUT2D eigenvalue weighted by Crippen LogP contribution is -2.53. The van der Waals surface area contributed by atoms with Gasteiger partial charge in [-0.25, -0.2) is 0 Å². The van der Waals surface area contributed by atoms with E-state index in [0.29, 0.717) is 12.1 Å². The fourth-order valence-corrected chi connectivity index (χ4v) is 4.95. The average molecular weight is 559 g/mol. The highest BCUT2D eigenvalue weighted by atomic mass is 16.4. The van der Waals surface area contributed by atoms with Crippen molar-refractivity contribution in [3.63, 3.8) is 0 Å². The van der Waals surface area contributed by atoms with Gasteiger partial charge in [0.2, 0.25) is 11.8 Å². The molecule has 41 heavy (non-hydrogen) atoms. The first-order valence-corrected chi connectivity index (χ1v) is 13.5. The van der Waals surface area contributed by atoms with Crippen molar-refractivity contribution >= 4 is 46.1 Å². The maximum atomic E-state index is 13.3. The highest BCUT2D eigenvalue weighted by Gasteiger charge is 2.37. The molecular formula is C31H34N4O6. The second kappa shape index (κ2) is 12.7. The molecule has 2 atom stereocenters. The largest absolute Gasteiger partial charge is 0.480 e. The van der Waals surface area contributed by atoms with Gasteiger partial charge in [0.15, 0.2) is 0 Å². The number of anilines is 1. The molecule has 0 saturated heterocycles. The summed E-state index contributed by atoms with van der Waals surface area (Å²) in [4.78, 5) is 66.5. The Morgan fingerprint density at radius 1 is 0.878 bits per heavy atom. The Hall–Kier alpha value is -4.57. The number of carboxylic acid groups (broad SMARTS) is 1. The molecule has 214 valence electrons. The summed E-state index contributed by atoms with van der Waals surface area (Å²) < 4.78 is 0. The third-order valence-corrected chi connectivity index (χ3v) is 7.00. The molecule has 3 aromatic carbocycles. The molecule has 0 aromatic heterocycles. The molecule has 0 bridgehead atoms. The first kappa shape index (κ1) is 29.4. The summed E-state index contributed by atoms with van der Waals surface area (Å²) in [6.45, 7) is 3.46. The smallest absolute Gasteiger partial charge is 0.320 e. The van der Waals surface area contributed by atoms with Crippen molar-refractivity contribution in [2.75, 3.05) is 25.5 Å². The highest BCUT2D eigenvalue weighted by Crippen LogP contribution is 2.28. The third-order valence-electron chi connectivity index (χ3n) is 7.00. The van der Waals surface area contributed by atoms with E-state index in [1.165, 1.54) is 11.9 Å². The molecule has 10 heteroatoms. The summed E-state index contributed by atoms with van der Waals surface area (Å²) in [6, 6.07) is 17.5. The molecule has 0 radical (unpaired) electrons. The van der Waals surface area contributed by atoms with Crippen LogP contribution in [0, 0.1) is 5.92 Å². The number of nitrogens with one attached hydrogen (secondary N) is 2. The predicted octanol–water partition coefficient (Wildman–Crippen LogP) is 3.38. The van der Waals surface area contributed by atoms with Crippen molar-refractivity contribution in [3.8, 4) is 0 Å². The molecular weight excluding hydrogens is 524 g/mol. The predicted molar refractivity (Wildman–Crippen MR) is 154 cm³/mol. The van der Waals surface area contributed by atoms with Gasteiger partial charge < -0.3 is 15.3 Å². The molecule has 1 aliphatic rings. The second-order valence-electron chi connectivity index (χ2n) is 10.6. The van der Waals surface area contributed by atoms with Crippen LogP contribution in [-0.2, 0) is 14.4 Å². The van der Waals surface area contributed by atoms with Crippen LogP contribution >= 0.6 is 0 Å². The van der Waals surface area contributed by atoms with Gasteiger partial charge in [0.25, 0.3) is 11.8 Å². The van der Waals surface area contributed by atoms with E-state index >= 15 is 0 Å². The van der Waals surface area contributed by atoms with E-state index in [4.69, 9.17) is 0 Å². The van der Waals surface area contributed by atoms with Gasteiger partial charge in [0, 0.05) is 19.3 Å². The van der Waals surface area contributed by atoms with Crippen LogP contribution in [-0.4, -0.2) is 76.7 Å². The molecule has 1 aliphatic heterocycles. The number of amides is 4. The topological polar surface area (TPSA) is 136 Å². The third kappa shape index (κ3) is 6.96. The lowest BCUT2D eigenvalue weighted by Gasteiger charge is -2.28. The number of hydrogen-bond acceptors (Lipinski definition) is 6. The maximum Gasteiger partial charge on any atom is 0.320 e. The van der Waals surface area contributed by atoms with E-state index in [9.17, 15) is 29.1 Å². The van der Waals surface area contributed by atoms with Gasteiger partial charge in [-0.2, -0.15) is 0 Å². The molecule has 0 unspecified atom stereocenters. The zero-order valence-corrected chi connectivity index (χ0v) is 23.3. The monoisotopic (exact) mass is 558 g/mol. The number of rotatable bonds is 12. The first-order chi connectivity index (χ1) is 19.5. The molecule has 3 aromatic rings. The van der Waals surface area contributed by atoms with Crippen molar-refractivity contribution in [2.45, 2.75) is 38.8 Å². The number of fused-ring (bicyclic) bond motifs is 2. The van der Waals surface area contributed by atoms with Crippen LogP contribution in [0.15, 0.2) is 66.7 Å². The summed E-state index contributed by atoms with van der Waals surface area (Å²) in [7, 11) is 1.49. The van der Waals surface area contributed by atoms with Crippen LogP contribution in [0.3, 0.4) is 0 Å². The summed E-state index contributed by atoms with van der Waals surface area (Å²) in [5.41, 5.74) is 1.18. The number of carboxylic acids is 1. The summed E-state index contributed by atoms with van der Waals surface area (Å²) in [5, 5.41) is 17.3. The molecule has 4 rings (SSSR count). The standard InChI is InChI=1S/C31H34N4O6/c1-19(2)15-26(30(39)34(3)18-27(36)32-22-11-5-4-6-12-22)33-25(31(40)41)13-14-35-28(37)23-16-20-9-7-8-10-21(20)17-24(23)29(35)38/h4-12,16-17,19,25-26,33H,13-15,18H2,1-3H3,(H,32,36)(H,40,41)/t25-,26+/m1/s1. The van der Waals surface area contributed by atoms with Gasteiger partial charge in [-0.3, -0.25) is 34.2 Å². The Morgan fingerprint density at radius 3 is 1.98 bits per heavy atom. The van der Waals surface area contributed by atoms with Crippen LogP contribution in [0.4, 0.5) is 5.69 Å². The number of carbonyl (C=O) groups is 5. The average Bonchev–Trinajstić information content (AvgIpc) is 3.16. The molecule has 10 nitrogen and oxygen atoms in total. The number of aliphatic carboxylic acids is 1. The van der Waals surface area contributed by atoms with Gasteiger partial charge in [0.05, 0.1) is 23.7 Å². The van der Waals surface area contributed by atoms with E-state index < -0.39 is 35.8 Å². The van der Waals surface area contributed by atoms with Crippen LogP contribution in [0.25, 0.3) is 10.8 Å². The molecule has 0 aliphatic carbocycles. The van der Waals surface area contributed by atoms with Crippen LogP contribution in [0.1, 0.15) is 47.4 Å². The summed E-state index contributed by atoms with van der Waals surface area (Å²) >= 11 is 0. The molecule has 1 heterocycles. The van der Waals surface area contributed by atoms with E-state index in [-0.39, 0.29) is 42.5 Å². The Labute approximate surface area is 238 Å². The minimum atomic E-state index is -1.21. The van der Waals surface area contributed by atoms with Crippen molar-refractivity contribution in [1.29, 1.82) is 0 Å². The summed E-state index contributed by atoms with van der Waals surface area (Å²) in [6.07, 6.45) is 0.229. The molecule has 0 saturated carbocycles. The number of imide groups is 1. The lowest BCUT2D eigenvalue weighted by atomic mass is 10.0. The van der Waals surface area contributed by atoms with E-state index in [1.54, 1.807) is 36.4 Å². The normalized spacial score (nSPS) is 14.2. The van der Waals surface area contributed by atoms with Crippen molar-refractivity contribution in [1.82, 2.24) is 15.1 Å². The van der Waals surface area contributed by atoms with Crippen molar-refractivity contribution in [2.24, 2.45) is 5.92 Å². The number of carbonyl (C=O) groups excluding carboxylic acids is 4. The van der Waals surface area contributed by atoms with Crippen LogP contribution < -0.4 is 10.6 Å². The minimum Gasteiger partial charge on any atom is -0.480 e. The van der Waals surface area contributed by atoms with E-state index in [2.05, 4.69) is 10.6 Å². The Balaban J connectivity index is 1.42. The molecule has 3 N–H and O–H groups in total. The van der Waals surface area contributed by atoms with E-state index in [0.717, 1.165) is 15.7 Å². The first-order valence-electron chi connectivity index (χ1n) is 13.5. The fourth-order valence-electron chi connectivity index (χ4n) is 4.95. The number of likely N-dealkylation sites (N-methyl/N-ethyl adjacent to an activating group) is 1. The van der Waals surface area contributed by atoms with Gasteiger partial charge >= 0.3 is 5.97 Å². The number of benzene rings is 3.